The molecule has 1 aliphatic heterocycles. The molecule has 0 aliphatic carbocycles. The van der Waals surface area contributed by atoms with E-state index in [4.69, 9.17) is 4.98 Å². The molecule has 0 bridgehead atoms. The predicted molar refractivity (Wildman–Crippen MR) is 113 cm³/mol. The Morgan fingerprint density at radius 2 is 1.74 bits per heavy atom. The molecule has 4 rings (SSSR count). The Labute approximate surface area is 168 Å². The van der Waals surface area contributed by atoms with E-state index < -0.39 is 0 Å². The lowest BCUT2D eigenvalue weighted by molar-refractivity contribution is -0.132. The molecule has 1 saturated heterocycles. The van der Waals surface area contributed by atoms with Gasteiger partial charge in [0.15, 0.2) is 0 Å². The van der Waals surface area contributed by atoms with Crippen molar-refractivity contribution in [3.05, 3.63) is 59.6 Å². The molecular formula is C21H23N3OS2. The molecule has 2 aromatic carbocycles. The van der Waals surface area contributed by atoms with E-state index in [1.165, 1.54) is 9.60 Å². The zero-order chi connectivity index (χ0) is 18.5. The third kappa shape index (κ3) is 4.89. The van der Waals surface area contributed by atoms with E-state index in [2.05, 4.69) is 35.2 Å². The molecule has 1 aromatic heterocycles. The Morgan fingerprint density at radius 1 is 1.00 bits per heavy atom. The standard InChI is InChI=1S/C21H23N3OS2/c25-21(10-15-26-17-6-2-1-3-7-17)24-13-11-23(12-14-24)16-20-22-18-8-4-5-9-19(18)27-20/h1-9H,10-16H2. The van der Waals surface area contributed by atoms with Crippen LogP contribution in [0.1, 0.15) is 11.4 Å². The molecule has 0 saturated carbocycles. The van der Waals surface area contributed by atoms with E-state index in [-0.39, 0.29) is 5.91 Å². The molecule has 1 fully saturated rings. The van der Waals surface area contributed by atoms with Gasteiger partial charge in [-0.3, -0.25) is 9.69 Å². The molecule has 140 valence electrons. The van der Waals surface area contributed by atoms with E-state index in [1.807, 2.05) is 29.2 Å². The lowest BCUT2D eigenvalue weighted by Gasteiger charge is -2.34. The van der Waals surface area contributed by atoms with Crippen molar-refractivity contribution < 1.29 is 4.79 Å². The Balaban J connectivity index is 1.21. The van der Waals surface area contributed by atoms with Crippen molar-refractivity contribution in [2.24, 2.45) is 0 Å². The van der Waals surface area contributed by atoms with E-state index in [9.17, 15) is 4.79 Å². The summed E-state index contributed by atoms with van der Waals surface area (Å²) in [4.78, 5) is 22.8. The van der Waals surface area contributed by atoms with Crippen molar-refractivity contribution in [1.29, 1.82) is 0 Å². The number of amides is 1. The van der Waals surface area contributed by atoms with Crippen LogP contribution in [-0.2, 0) is 11.3 Å². The van der Waals surface area contributed by atoms with Gasteiger partial charge in [-0.1, -0.05) is 30.3 Å². The molecule has 0 atom stereocenters. The van der Waals surface area contributed by atoms with Gasteiger partial charge in [0.25, 0.3) is 0 Å². The van der Waals surface area contributed by atoms with Crippen LogP contribution in [0.3, 0.4) is 0 Å². The van der Waals surface area contributed by atoms with Crippen molar-refractivity contribution in [2.75, 3.05) is 31.9 Å². The number of para-hydroxylation sites is 1. The minimum Gasteiger partial charge on any atom is -0.340 e. The highest BCUT2D eigenvalue weighted by Crippen LogP contribution is 2.23. The quantitative estimate of drug-likeness (QED) is 0.586. The number of fused-ring (bicyclic) bond motifs is 1. The Morgan fingerprint density at radius 3 is 2.52 bits per heavy atom. The van der Waals surface area contributed by atoms with E-state index in [0.29, 0.717) is 6.42 Å². The van der Waals surface area contributed by atoms with Gasteiger partial charge in [0.05, 0.1) is 16.8 Å². The highest BCUT2D eigenvalue weighted by atomic mass is 32.2. The van der Waals surface area contributed by atoms with Crippen LogP contribution in [0, 0.1) is 0 Å². The van der Waals surface area contributed by atoms with Crippen molar-refractivity contribution in [3.8, 4) is 0 Å². The van der Waals surface area contributed by atoms with Crippen molar-refractivity contribution >= 4 is 39.2 Å². The SMILES string of the molecule is O=C(CCSc1ccccc1)N1CCN(Cc2nc3ccccc3s2)CC1. The maximum Gasteiger partial charge on any atom is 0.223 e. The van der Waals surface area contributed by atoms with Gasteiger partial charge >= 0.3 is 0 Å². The van der Waals surface area contributed by atoms with Gasteiger partial charge in [0.1, 0.15) is 5.01 Å². The second kappa shape index (κ2) is 8.87. The van der Waals surface area contributed by atoms with Gasteiger partial charge in [-0.15, -0.1) is 23.1 Å². The maximum atomic E-state index is 12.5. The van der Waals surface area contributed by atoms with Crippen LogP contribution >= 0.6 is 23.1 Å². The third-order valence-corrected chi connectivity index (χ3v) is 6.78. The smallest absolute Gasteiger partial charge is 0.223 e. The molecule has 3 aromatic rings. The van der Waals surface area contributed by atoms with Gasteiger partial charge in [0, 0.05) is 43.2 Å². The number of carbonyl (C=O) groups is 1. The molecule has 27 heavy (non-hydrogen) atoms. The molecule has 6 heteroatoms. The van der Waals surface area contributed by atoms with Crippen LogP contribution in [0.15, 0.2) is 59.5 Å². The van der Waals surface area contributed by atoms with Gasteiger partial charge < -0.3 is 4.90 Å². The second-order valence-electron chi connectivity index (χ2n) is 6.64. The average Bonchev–Trinajstić information content (AvgIpc) is 3.11. The van der Waals surface area contributed by atoms with Crippen LogP contribution in [0.5, 0.6) is 0 Å². The summed E-state index contributed by atoms with van der Waals surface area (Å²) >= 11 is 3.52. The van der Waals surface area contributed by atoms with Gasteiger partial charge in [-0.25, -0.2) is 4.98 Å². The van der Waals surface area contributed by atoms with E-state index >= 15 is 0 Å². The predicted octanol–water partition coefficient (Wildman–Crippen LogP) is 4.12. The first kappa shape index (κ1) is 18.5. The minimum atomic E-state index is 0.276. The summed E-state index contributed by atoms with van der Waals surface area (Å²) in [6, 6.07) is 18.6. The molecule has 0 N–H and O–H groups in total. The third-order valence-electron chi connectivity index (χ3n) is 4.75. The summed E-state index contributed by atoms with van der Waals surface area (Å²) < 4.78 is 1.25. The van der Waals surface area contributed by atoms with Crippen LogP contribution < -0.4 is 0 Å². The molecule has 4 nitrogen and oxygen atoms in total. The topological polar surface area (TPSA) is 36.4 Å². The normalized spacial score (nSPS) is 15.3. The molecule has 0 unspecified atom stereocenters. The number of aromatic nitrogens is 1. The fourth-order valence-electron chi connectivity index (χ4n) is 3.27. The van der Waals surface area contributed by atoms with Crippen molar-refractivity contribution in [1.82, 2.24) is 14.8 Å². The van der Waals surface area contributed by atoms with Crippen LogP contribution in [0.2, 0.25) is 0 Å². The zero-order valence-electron chi connectivity index (χ0n) is 15.2. The molecule has 1 amide bonds. The highest BCUT2D eigenvalue weighted by molar-refractivity contribution is 7.99. The first-order chi connectivity index (χ1) is 13.3. The van der Waals surface area contributed by atoms with Crippen molar-refractivity contribution in [2.45, 2.75) is 17.9 Å². The fraction of sp³-hybridized carbons (Fsp3) is 0.333. The van der Waals surface area contributed by atoms with Crippen LogP contribution in [-0.4, -0.2) is 52.6 Å². The average molecular weight is 398 g/mol. The fourth-order valence-corrected chi connectivity index (χ4v) is 5.14. The zero-order valence-corrected chi connectivity index (χ0v) is 16.8. The number of rotatable bonds is 6. The molecule has 1 aliphatic rings. The number of thioether (sulfide) groups is 1. The summed E-state index contributed by atoms with van der Waals surface area (Å²) in [7, 11) is 0. The highest BCUT2D eigenvalue weighted by Gasteiger charge is 2.21. The molecular weight excluding hydrogens is 374 g/mol. The minimum absolute atomic E-state index is 0.276. The molecule has 2 heterocycles. The van der Waals surface area contributed by atoms with E-state index in [1.54, 1.807) is 23.1 Å². The van der Waals surface area contributed by atoms with Gasteiger partial charge in [-0.2, -0.15) is 0 Å². The summed E-state index contributed by atoms with van der Waals surface area (Å²) in [6.45, 7) is 4.37. The summed E-state index contributed by atoms with van der Waals surface area (Å²) in [5, 5.41) is 1.16. The van der Waals surface area contributed by atoms with E-state index in [0.717, 1.165) is 49.0 Å². The lowest BCUT2D eigenvalue weighted by Crippen LogP contribution is -2.48. The largest absolute Gasteiger partial charge is 0.340 e. The number of hydrogen-bond acceptors (Lipinski definition) is 5. The number of piperazine rings is 1. The van der Waals surface area contributed by atoms with Gasteiger partial charge in [-0.05, 0) is 24.3 Å². The second-order valence-corrected chi connectivity index (χ2v) is 8.93. The maximum absolute atomic E-state index is 12.5. The van der Waals surface area contributed by atoms with Crippen LogP contribution in [0.25, 0.3) is 10.2 Å². The Hall–Kier alpha value is -1.89. The number of thiazole rings is 1. The summed E-state index contributed by atoms with van der Waals surface area (Å²) in [5.41, 5.74) is 1.09. The number of carbonyl (C=O) groups excluding carboxylic acids is 1. The lowest BCUT2D eigenvalue weighted by atomic mass is 10.3. The molecule has 0 spiro atoms. The van der Waals surface area contributed by atoms with Crippen LogP contribution in [0.4, 0.5) is 0 Å². The van der Waals surface area contributed by atoms with Gasteiger partial charge in [0.2, 0.25) is 5.91 Å². The first-order valence-electron chi connectivity index (χ1n) is 9.30. The monoisotopic (exact) mass is 397 g/mol. The summed E-state index contributed by atoms with van der Waals surface area (Å²) in [5.74, 6) is 1.12. The number of hydrogen-bond donors (Lipinski definition) is 0. The Bertz CT molecular complexity index is 856. The number of benzene rings is 2. The number of nitrogens with zero attached hydrogens (tertiary/aromatic N) is 3. The summed E-state index contributed by atoms with van der Waals surface area (Å²) in [6.07, 6.45) is 0.609. The Kier molecular flexibility index (Phi) is 6.07. The first-order valence-corrected chi connectivity index (χ1v) is 11.1. The molecule has 0 radical (unpaired) electrons. The van der Waals surface area contributed by atoms with Crippen molar-refractivity contribution in [3.63, 3.8) is 0 Å².